The lowest BCUT2D eigenvalue weighted by atomic mass is 9.97. The van der Waals surface area contributed by atoms with Crippen molar-refractivity contribution in [1.29, 1.82) is 0 Å². The van der Waals surface area contributed by atoms with E-state index < -0.39 is 0 Å². The van der Waals surface area contributed by atoms with Crippen LogP contribution in [-0.2, 0) is 6.54 Å². The van der Waals surface area contributed by atoms with Crippen LogP contribution in [0.4, 0.5) is 5.69 Å². The van der Waals surface area contributed by atoms with Gasteiger partial charge in [-0.1, -0.05) is 23.7 Å². The van der Waals surface area contributed by atoms with Crippen LogP contribution < -0.4 is 10.2 Å². The molecule has 0 amide bonds. The zero-order chi connectivity index (χ0) is 14.9. The maximum absolute atomic E-state index is 6.42. The number of nitrogens with zero attached hydrogens (tertiary/aromatic N) is 2. The number of hydrogen-bond donors (Lipinski definition) is 1. The minimum atomic E-state index is 0.410. The third-order valence-corrected chi connectivity index (χ3v) is 4.82. The first-order valence-corrected chi connectivity index (χ1v) is 8.10. The summed E-state index contributed by atoms with van der Waals surface area (Å²) in [5, 5.41) is 4.44. The van der Waals surface area contributed by atoms with E-state index in [2.05, 4.69) is 33.4 Å². The first-order valence-electron chi connectivity index (χ1n) is 7.73. The van der Waals surface area contributed by atoms with Gasteiger partial charge in [0.2, 0.25) is 0 Å². The van der Waals surface area contributed by atoms with Gasteiger partial charge < -0.3 is 10.2 Å². The van der Waals surface area contributed by atoms with Crippen molar-refractivity contribution in [1.82, 2.24) is 10.3 Å². The van der Waals surface area contributed by atoms with Crippen LogP contribution in [0.2, 0.25) is 5.02 Å². The second-order valence-electron chi connectivity index (χ2n) is 5.82. The highest BCUT2D eigenvalue weighted by Gasteiger charge is 2.28. The Morgan fingerprint density at radius 3 is 2.95 bits per heavy atom. The number of pyridine rings is 1. The van der Waals surface area contributed by atoms with Gasteiger partial charge in [0.05, 0.1) is 18.4 Å². The predicted octanol–water partition coefficient (Wildman–Crippen LogP) is 3.85. The van der Waals surface area contributed by atoms with Crippen molar-refractivity contribution in [3.8, 4) is 0 Å². The number of fused-ring (bicyclic) bond motifs is 1. The fourth-order valence-corrected chi connectivity index (χ4v) is 3.59. The molecule has 3 heterocycles. The smallest absolute Gasteiger partial charge is 0.0598 e. The molecule has 0 radical (unpaired) electrons. The molecule has 2 aromatic rings. The van der Waals surface area contributed by atoms with E-state index in [1.54, 1.807) is 0 Å². The highest BCUT2D eigenvalue weighted by molar-refractivity contribution is 6.31. The van der Waals surface area contributed by atoms with Gasteiger partial charge in [-0.15, -0.1) is 0 Å². The lowest BCUT2D eigenvalue weighted by Crippen LogP contribution is -2.37. The molecule has 1 atom stereocenters. The van der Waals surface area contributed by atoms with E-state index in [-0.39, 0.29) is 0 Å². The summed E-state index contributed by atoms with van der Waals surface area (Å²) in [5.74, 6) is 0. The molecular formula is C18H18ClN3. The zero-order valence-electron chi connectivity index (χ0n) is 12.3. The highest BCUT2D eigenvalue weighted by atomic mass is 35.5. The third-order valence-electron chi connectivity index (χ3n) is 4.46. The fourth-order valence-electron chi connectivity index (χ4n) is 3.34. The number of halogens is 1. The van der Waals surface area contributed by atoms with Crippen LogP contribution in [0.25, 0.3) is 6.08 Å². The van der Waals surface area contributed by atoms with Crippen LogP contribution in [0.15, 0.2) is 48.4 Å². The van der Waals surface area contributed by atoms with Crippen molar-refractivity contribution in [2.75, 3.05) is 11.4 Å². The van der Waals surface area contributed by atoms with E-state index in [1.807, 2.05) is 30.6 Å². The van der Waals surface area contributed by atoms with E-state index in [1.165, 1.54) is 29.7 Å². The van der Waals surface area contributed by atoms with Crippen LogP contribution >= 0.6 is 11.6 Å². The minimum Gasteiger partial charge on any atom is -0.338 e. The van der Waals surface area contributed by atoms with Crippen LogP contribution in [0, 0.1) is 0 Å². The van der Waals surface area contributed by atoms with Crippen molar-refractivity contribution in [3.63, 3.8) is 0 Å². The van der Waals surface area contributed by atoms with Gasteiger partial charge in [-0.2, -0.15) is 0 Å². The van der Waals surface area contributed by atoms with Gasteiger partial charge in [-0.05, 0) is 54.8 Å². The van der Waals surface area contributed by atoms with Crippen molar-refractivity contribution in [3.05, 3.63) is 64.6 Å². The highest BCUT2D eigenvalue weighted by Crippen LogP contribution is 2.35. The Kier molecular flexibility index (Phi) is 3.60. The van der Waals surface area contributed by atoms with Crippen molar-refractivity contribution < 1.29 is 0 Å². The summed E-state index contributed by atoms with van der Waals surface area (Å²) in [7, 11) is 0. The molecule has 0 bridgehead atoms. The zero-order valence-corrected chi connectivity index (χ0v) is 13.1. The average molecular weight is 312 g/mol. The Morgan fingerprint density at radius 2 is 2.18 bits per heavy atom. The monoisotopic (exact) mass is 311 g/mol. The molecule has 1 aromatic heterocycles. The topological polar surface area (TPSA) is 28.2 Å². The van der Waals surface area contributed by atoms with Crippen LogP contribution in [-0.4, -0.2) is 17.6 Å². The van der Waals surface area contributed by atoms with E-state index in [0.717, 1.165) is 23.8 Å². The lowest BCUT2D eigenvalue weighted by Gasteiger charge is -2.35. The molecule has 2 aliphatic heterocycles. The van der Waals surface area contributed by atoms with Crippen molar-refractivity contribution in [2.24, 2.45) is 0 Å². The van der Waals surface area contributed by atoms with E-state index in [4.69, 9.17) is 11.6 Å². The molecule has 3 nitrogen and oxygen atoms in total. The molecule has 0 saturated carbocycles. The molecule has 4 rings (SSSR count). The summed E-state index contributed by atoms with van der Waals surface area (Å²) in [6, 6.07) is 10.6. The van der Waals surface area contributed by atoms with Crippen LogP contribution in [0.1, 0.15) is 24.0 Å². The molecule has 22 heavy (non-hydrogen) atoms. The van der Waals surface area contributed by atoms with Crippen molar-refractivity contribution in [2.45, 2.75) is 25.4 Å². The SMILES string of the molecule is Clc1cccc2c1CN(c1cccnc1)C([C@@H]1CCCN1)=C2. The molecule has 4 heteroatoms. The average Bonchev–Trinajstić information content (AvgIpc) is 3.09. The Bertz CT molecular complexity index is 706. The Labute approximate surface area is 135 Å². The van der Waals surface area contributed by atoms with Gasteiger partial charge in [-0.25, -0.2) is 0 Å². The number of benzene rings is 1. The summed E-state index contributed by atoms with van der Waals surface area (Å²) in [6.45, 7) is 1.88. The normalized spacial score (nSPS) is 20.7. The number of anilines is 1. The molecule has 0 spiro atoms. The molecule has 112 valence electrons. The Morgan fingerprint density at radius 1 is 1.23 bits per heavy atom. The standard InChI is InChI=1S/C18H18ClN3/c19-16-6-1-4-13-10-18(17-7-3-9-21-17)22(12-15(13)16)14-5-2-8-20-11-14/h1-2,4-6,8,10-11,17,21H,3,7,9,12H2/t17-/m0/s1. The molecule has 0 aliphatic carbocycles. The molecule has 1 aromatic carbocycles. The third kappa shape index (κ3) is 2.40. The Hall–Kier alpha value is -1.84. The van der Waals surface area contributed by atoms with Gasteiger partial charge in [0.25, 0.3) is 0 Å². The predicted molar refractivity (Wildman–Crippen MR) is 90.9 cm³/mol. The summed E-state index contributed by atoms with van der Waals surface area (Å²) in [6.07, 6.45) is 8.42. The minimum absolute atomic E-state index is 0.410. The summed E-state index contributed by atoms with van der Waals surface area (Å²) in [4.78, 5) is 6.61. The van der Waals surface area contributed by atoms with Crippen LogP contribution in [0.5, 0.6) is 0 Å². The molecule has 1 N–H and O–H groups in total. The largest absolute Gasteiger partial charge is 0.338 e. The number of aromatic nitrogens is 1. The first kappa shape index (κ1) is 13.8. The number of rotatable bonds is 2. The Balaban J connectivity index is 1.81. The van der Waals surface area contributed by atoms with Gasteiger partial charge in [0, 0.05) is 23.0 Å². The second kappa shape index (κ2) is 5.75. The summed E-state index contributed by atoms with van der Waals surface area (Å²) in [5.41, 5.74) is 4.86. The quantitative estimate of drug-likeness (QED) is 0.913. The fraction of sp³-hybridized carbons (Fsp3) is 0.278. The van der Waals surface area contributed by atoms with Crippen LogP contribution in [0.3, 0.4) is 0 Å². The molecular weight excluding hydrogens is 294 g/mol. The van der Waals surface area contributed by atoms with Gasteiger partial charge >= 0.3 is 0 Å². The second-order valence-corrected chi connectivity index (χ2v) is 6.23. The first-order chi connectivity index (χ1) is 10.8. The summed E-state index contributed by atoms with van der Waals surface area (Å²) < 4.78 is 0. The summed E-state index contributed by atoms with van der Waals surface area (Å²) >= 11 is 6.42. The molecule has 1 fully saturated rings. The number of nitrogens with one attached hydrogen (secondary N) is 1. The van der Waals surface area contributed by atoms with E-state index in [9.17, 15) is 0 Å². The molecule has 1 saturated heterocycles. The maximum Gasteiger partial charge on any atom is 0.0598 e. The van der Waals surface area contributed by atoms with Gasteiger partial charge in [-0.3, -0.25) is 4.98 Å². The molecule has 0 unspecified atom stereocenters. The van der Waals surface area contributed by atoms with E-state index in [0.29, 0.717) is 6.04 Å². The lowest BCUT2D eigenvalue weighted by molar-refractivity contribution is 0.653. The van der Waals surface area contributed by atoms with Gasteiger partial charge in [0.15, 0.2) is 0 Å². The molecule has 2 aliphatic rings. The van der Waals surface area contributed by atoms with E-state index >= 15 is 0 Å². The number of hydrogen-bond acceptors (Lipinski definition) is 3. The van der Waals surface area contributed by atoms with Crippen molar-refractivity contribution >= 4 is 23.4 Å². The maximum atomic E-state index is 6.42. The van der Waals surface area contributed by atoms with Gasteiger partial charge in [0.1, 0.15) is 0 Å².